The summed E-state index contributed by atoms with van der Waals surface area (Å²) in [5.41, 5.74) is 4.41. The molecule has 0 unspecified atom stereocenters. The van der Waals surface area contributed by atoms with Crippen LogP contribution in [-0.2, 0) is 21.2 Å². The van der Waals surface area contributed by atoms with Gasteiger partial charge in [-0.15, -0.1) is 0 Å². The van der Waals surface area contributed by atoms with Crippen molar-refractivity contribution >= 4 is 61.5 Å². The summed E-state index contributed by atoms with van der Waals surface area (Å²) < 4.78 is 31.2. The molecule has 9 heteroatoms. The Morgan fingerprint density at radius 2 is 1.85 bits per heavy atom. The van der Waals surface area contributed by atoms with Crippen LogP contribution in [0.3, 0.4) is 0 Å². The molecule has 0 saturated heterocycles. The fourth-order valence-electron chi connectivity index (χ4n) is 3.84. The molecule has 1 amide bonds. The number of amides is 1. The minimum atomic E-state index is -3.42. The minimum absolute atomic E-state index is 0.252. The van der Waals surface area contributed by atoms with Crippen molar-refractivity contribution in [2.75, 3.05) is 23.4 Å². The summed E-state index contributed by atoms with van der Waals surface area (Å²) in [6, 6.07) is 18.7. The highest BCUT2D eigenvalue weighted by atomic mass is 32.2. The summed E-state index contributed by atoms with van der Waals surface area (Å²) in [4.78, 5) is 20.1. The topological polar surface area (TPSA) is 110 Å². The van der Waals surface area contributed by atoms with Crippen LogP contribution in [0.15, 0.2) is 65.7 Å². The predicted octanol–water partition coefficient (Wildman–Crippen LogP) is 4.67. The number of pyridine rings is 1. The molecule has 8 nitrogen and oxygen atoms in total. The van der Waals surface area contributed by atoms with Gasteiger partial charge in [-0.25, -0.2) is 18.4 Å². The molecule has 0 atom stereocenters. The highest BCUT2D eigenvalue weighted by molar-refractivity contribution is 7.92. The van der Waals surface area contributed by atoms with E-state index in [0.717, 1.165) is 39.3 Å². The number of aryl methyl sites for hydroxylation is 1. The minimum Gasteiger partial charge on any atom is -0.494 e. The normalized spacial score (nSPS) is 11.4. The Morgan fingerprint density at radius 3 is 2.59 bits per heavy atom. The second-order valence-electron chi connectivity index (χ2n) is 7.78. The van der Waals surface area contributed by atoms with Gasteiger partial charge in [0.05, 0.1) is 41.5 Å². The van der Waals surface area contributed by atoms with Crippen LogP contribution in [0.5, 0.6) is 5.75 Å². The molecule has 0 saturated carbocycles. The van der Waals surface area contributed by atoms with Gasteiger partial charge in [-0.2, -0.15) is 0 Å². The van der Waals surface area contributed by atoms with Crippen molar-refractivity contribution in [1.82, 2.24) is 4.98 Å². The van der Waals surface area contributed by atoms with E-state index in [-0.39, 0.29) is 12.3 Å². The molecule has 0 aliphatic heterocycles. The van der Waals surface area contributed by atoms with Gasteiger partial charge >= 0.3 is 0 Å². The first-order chi connectivity index (χ1) is 16.3. The van der Waals surface area contributed by atoms with Crippen LogP contribution in [0, 0.1) is 0 Å². The SMILES string of the molecule is C=NC(=O)CCc1cccc2c(Nc3ccc(NS(C)(=O)=O)cc3OC)c3ccccc3nc12. The molecule has 0 fully saturated rings. The summed E-state index contributed by atoms with van der Waals surface area (Å²) in [5, 5.41) is 5.26. The third-order valence-corrected chi connectivity index (χ3v) is 5.95. The number of nitrogens with zero attached hydrogens (tertiary/aromatic N) is 2. The lowest BCUT2D eigenvalue weighted by molar-refractivity contribution is -0.117. The second-order valence-corrected chi connectivity index (χ2v) is 9.53. The van der Waals surface area contributed by atoms with Crippen molar-refractivity contribution < 1.29 is 17.9 Å². The molecule has 34 heavy (non-hydrogen) atoms. The van der Waals surface area contributed by atoms with E-state index in [4.69, 9.17) is 9.72 Å². The zero-order valence-corrected chi connectivity index (χ0v) is 19.6. The van der Waals surface area contributed by atoms with Crippen LogP contribution >= 0.6 is 0 Å². The standard InChI is InChI=1S/C25H24N4O4S/c1-26-23(30)14-11-16-7-6-9-19-24(16)27-20-10-5-4-8-18(20)25(19)28-21-13-12-17(15-22(21)33-2)29-34(3,31)32/h4-10,12-13,15,29H,1,11,14H2,2-3H3,(H,27,28). The van der Waals surface area contributed by atoms with Crippen LogP contribution in [0.25, 0.3) is 21.8 Å². The Morgan fingerprint density at radius 1 is 1.09 bits per heavy atom. The molecule has 0 radical (unpaired) electrons. The molecule has 3 aromatic carbocycles. The highest BCUT2D eigenvalue weighted by Crippen LogP contribution is 2.38. The number of aromatic nitrogens is 1. The molecule has 4 aromatic rings. The number of rotatable bonds is 8. The summed E-state index contributed by atoms with van der Waals surface area (Å²) >= 11 is 0. The fourth-order valence-corrected chi connectivity index (χ4v) is 4.39. The van der Waals surface area contributed by atoms with Gasteiger partial charge < -0.3 is 10.1 Å². The largest absolute Gasteiger partial charge is 0.494 e. The maximum Gasteiger partial charge on any atom is 0.245 e. The van der Waals surface area contributed by atoms with E-state index in [9.17, 15) is 13.2 Å². The summed E-state index contributed by atoms with van der Waals surface area (Å²) in [6.45, 7) is 3.30. The van der Waals surface area contributed by atoms with Gasteiger partial charge in [0, 0.05) is 23.3 Å². The van der Waals surface area contributed by atoms with E-state index in [1.54, 1.807) is 18.2 Å². The number of nitrogens with one attached hydrogen (secondary N) is 2. The van der Waals surface area contributed by atoms with Gasteiger partial charge in [-0.1, -0.05) is 36.4 Å². The van der Waals surface area contributed by atoms with E-state index >= 15 is 0 Å². The van der Waals surface area contributed by atoms with Gasteiger partial charge in [0.1, 0.15) is 5.75 Å². The first kappa shape index (κ1) is 23.2. The lowest BCUT2D eigenvalue weighted by Gasteiger charge is -2.17. The number of ether oxygens (including phenoxy) is 1. The van der Waals surface area contributed by atoms with Gasteiger partial charge in [0.25, 0.3) is 0 Å². The molecule has 4 rings (SSSR count). The van der Waals surface area contributed by atoms with Crippen LogP contribution in [0.1, 0.15) is 12.0 Å². The maximum atomic E-state index is 11.7. The summed E-state index contributed by atoms with van der Waals surface area (Å²) in [5.74, 6) is 0.213. The first-order valence-corrected chi connectivity index (χ1v) is 12.4. The average Bonchev–Trinajstić information content (AvgIpc) is 2.82. The lowest BCUT2D eigenvalue weighted by atomic mass is 10.0. The first-order valence-electron chi connectivity index (χ1n) is 10.5. The molecule has 0 spiro atoms. The molecule has 0 aliphatic rings. The number of anilines is 3. The van der Waals surface area contributed by atoms with Crippen LogP contribution < -0.4 is 14.8 Å². The Balaban J connectivity index is 1.84. The third kappa shape index (κ3) is 4.99. The Bertz CT molecular complexity index is 1520. The number of methoxy groups -OCH3 is 1. The second kappa shape index (κ2) is 9.48. The number of sulfonamides is 1. The van der Waals surface area contributed by atoms with Gasteiger partial charge in [-0.3, -0.25) is 9.52 Å². The number of para-hydroxylation sites is 2. The number of aliphatic imine (C=N–C) groups is 1. The zero-order valence-electron chi connectivity index (χ0n) is 18.8. The number of fused-ring (bicyclic) bond motifs is 2. The smallest absolute Gasteiger partial charge is 0.245 e. The molecule has 0 bridgehead atoms. The lowest BCUT2D eigenvalue weighted by Crippen LogP contribution is -2.09. The molecule has 2 N–H and O–H groups in total. The molecular formula is C25H24N4O4S. The molecule has 1 heterocycles. The van der Waals surface area contributed by atoms with E-state index in [1.807, 2.05) is 42.5 Å². The Kier molecular flexibility index (Phi) is 6.47. The number of hydrogen-bond acceptors (Lipinski definition) is 6. The quantitative estimate of drug-likeness (QED) is 0.282. The Hall–Kier alpha value is -3.98. The Labute approximate surface area is 197 Å². The van der Waals surface area contributed by atoms with Gasteiger partial charge in [0.15, 0.2) is 0 Å². The van der Waals surface area contributed by atoms with Gasteiger partial charge in [0.2, 0.25) is 15.9 Å². The van der Waals surface area contributed by atoms with E-state index in [1.165, 1.54) is 7.11 Å². The zero-order chi connectivity index (χ0) is 24.3. The number of carbonyl (C=O) groups excluding carboxylic acids is 1. The number of hydrogen-bond donors (Lipinski definition) is 2. The third-order valence-electron chi connectivity index (χ3n) is 5.34. The highest BCUT2D eigenvalue weighted by Gasteiger charge is 2.15. The summed E-state index contributed by atoms with van der Waals surface area (Å²) in [7, 11) is -1.89. The predicted molar refractivity (Wildman–Crippen MR) is 137 cm³/mol. The molecule has 174 valence electrons. The van der Waals surface area contributed by atoms with E-state index < -0.39 is 10.0 Å². The molecule has 1 aromatic heterocycles. The van der Waals surface area contributed by atoms with Crippen molar-refractivity contribution in [3.05, 3.63) is 66.2 Å². The maximum absolute atomic E-state index is 11.7. The van der Waals surface area contributed by atoms with E-state index in [2.05, 4.69) is 21.7 Å². The van der Waals surface area contributed by atoms with Crippen molar-refractivity contribution in [3.8, 4) is 5.75 Å². The van der Waals surface area contributed by atoms with Crippen molar-refractivity contribution in [2.45, 2.75) is 12.8 Å². The summed E-state index contributed by atoms with van der Waals surface area (Å²) in [6.07, 6.45) is 1.84. The number of carbonyl (C=O) groups is 1. The van der Waals surface area contributed by atoms with Crippen molar-refractivity contribution in [2.24, 2.45) is 4.99 Å². The van der Waals surface area contributed by atoms with Gasteiger partial charge in [-0.05, 0) is 36.9 Å². The number of benzene rings is 3. The molecular weight excluding hydrogens is 452 g/mol. The van der Waals surface area contributed by atoms with Crippen molar-refractivity contribution in [3.63, 3.8) is 0 Å². The van der Waals surface area contributed by atoms with Crippen LogP contribution in [0.2, 0.25) is 0 Å². The molecule has 0 aliphatic carbocycles. The van der Waals surface area contributed by atoms with Crippen LogP contribution in [-0.4, -0.2) is 39.4 Å². The van der Waals surface area contributed by atoms with Crippen molar-refractivity contribution in [1.29, 1.82) is 0 Å². The van der Waals surface area contributed by atoms with E-state index in [0.29, 0.717) is 23.5 Å². The fraction of sp³-hybridized carbons (Fsp3) is 0.160. The van der Waals surface area contributed by atoms with Crippen LogP contribution in [0.4, 0.5) is 17.1 Å². The monoisotopic (exact) mass is 476 g/mol. The average molecular weight is 477 g/mol.